The highest BCUT2D eigenvalue weighted by Gasteiger charge is 2.24. The second-order valence-electron chi connectivity index (χ2n) is 5.67. The zero-order valence-electron chi connectivity index (χ0n) is 14.4. The minimum absolute atomic E-state index is 0.201. The summed E-state index contributed by atoms with van der Waals surface area (Å²) in [5.41, 5.74) is 2.31. The smallest absolute Gasteiger partial charge is 0.350 e. The maximum Gasteiger partial charge on any atom is 0.350 e. The molecule has 5 nitrogen and oxygen atoms in total. The SMILES string of the molecule is COC(=O)c1sc(NC(=O)C(c2ccccc2)c2ccccc2)nc1C. The number of nitrogens with zero attached hydrogens (tertiary/aromatic N) is 1. The first kappa shape index (κ1) is 17.8. The van der Waals surface area contributed by atoms with Crippen molar-refractivity contribution >= 4 is 28.3 Å². The molecule has 0 aliphatic rings. The van der Waals surface area contributed by atoms with E-state index in [0.717, 1.165) is 22.5 Å². The highest BCUT2D eigenvalue weighted by Crippen LogP contribution is 2.28. The fraction of sp³-hybridized carbons (Fsp3) is 0.150. The minimum Gasteiger partial charge on any atom is -0.465 e. The summed E-state index contributed by atoms with van der Waals surface area (Å²) >= 11 is 1.11. The molecule has 3 rings (SSSR count). The number of hydrogen-bond donors (Lipinski definition) is 1. The molecule has 1 N–H and O–H groups in total. The van der Waals surface area contributed by atoms with E-state index in [1.54, 1.807) is 6.92 Å². The monoisotopic (exact) mass is 366 g/mol. The number of aryl methyl sites for hydroxylation is 1. The quantitative estimate of drug-likeness (QED) is 0.693. The molecule has 1 heterocycles. The number of esters is 1. The van der Waals surface area contributed by atoms with Gasteiger partial charge < -0.3 is 10.1 Å². The molecule has 2 aromatic carbocycles. The summed E-state index contributed by atoms with van der Waals surface area (Å²) < 4.78 is 4.74. The van der Waals surface area contributed by atoms with Gasteiger partial charge in [-0.1, -0.05) is 72.0 Å². The van der Waals surface area contributed by atoms with Crippen LogP contribution in [-0.4, -0.2) is 24.0 Å². The number of ether oxygens (including phenoxy) is 1. The molecule has 0 bridgehead atoms. The third kappa shape index (κ3) is 3.81. The van der Waals surface area contributed by atoms with Crippen LogP contribution in [0.3, 0.4) is 0 Å². The van der Waals surface area contributed by atoms with Crippen molar-refractivity contribution in [2.45, 2.75) is 12.8 Å². The summed E-state index contributed by atoms with van der Waals surface area (Å²) in [5, 5.41) is 3.22. The number of nitrogens with one attached hydrogen (secondary N) is 1. The summed E-state index contributed by atoms with van der Waals surface area (Å²) in [6.07, 6.45) is 0. The molecular weight excluding hydrogens is 348 g/mol. The Bertz CT molecular complexity index is 868. The number of anilines is 1. The van der Waals surface area contributed by atoms with Crippen molar-refractivity contribution < 1.29 is 14.3 Å². The number of carbonyl (C=O) groups is 2. The summed E-state index contributed by atoms with van der Waals surface area (Å²) in [5.74, 6) is -1.13. The van der Waals surface area contributed by atoms with Gasteiger partial charge in [-0.25, -0.2) is 9.78 Å². The zero-order chi connectivity index (χ0) is 18.5. The standard InChI is InChI=1S/C20H18N2O3S/c1-13-17(19(24)25-2)26-20(21-13)22-18(23)16(14-9-5-3-6-10-14)15-11-7-4-8-12-15/h3-12,16H,1-2H3,(H,21,22,23). The second kappa shape index (κ2) is 7.93. The van der Waals surface area contributed by atoms with Gasteiger partial charge in [0, 0.05) is 0 Å². The zero-order valence-corrected chi connectivity index (χ0v) is 15.2. The fourth-order valence-corrected chi connectivity index (χ4v) is 3.58. The molecule has 0 aliphatic heterocycles. The molecular formula is C20H18N2O3S. The van der Waals surface area contributed by atoms with E-state index in [4.69, 9.17) is 4.74 Å². The Kier molecular flexibility index (Phi) is 5.43. The number of amides is 1. The van der Waals surface area contributed by atoms with Crippen LogP contribution in [0.15, 0.2) is 60.7 Å². The predicted molar refractivity (Wildman–Crippen MR) is 102 cm³/mol. The van der Waals surface area contributed by atoms with Crippen LogP contribution in [0.1, 0.15) is 32.4 Å². The average molecular weight is 366 g/mol. The molecule has 3 aromatic rings. The van der Waals surface area contributed by atoms with E-state index < -0.39 is 11.9 Å². The van der Waals surface area contributed by atoms with E-state index in [1.165, 1.54) is 7.11 Å². The van der Waals surface area contributed by atoms with Crippen LogP contribution in [0.4, 0.5) is 5.13 Å². The highest BCUT2D eigenvalue weighted by molar-refractivity contribution is 7.17. The van der Waals surface area contributed by atoms with Crippen LogP contribution in [0.25, 0.3) is 0 Å². The van der Waals surface area contributed by atoms with E-state index in [-0.39, 0.29) is 5.91 Å². The number of rotatable bonds is 5. The van der Waals surface area contributed by atoms with E-state index >= 15 is 0 Å². The van der Waals surface area contributed by atoms with Gasteiger partial charge in [0.2, 0.25) is 5.91 Å². The molecule has 0 aliphatic carbocycles. The average Bonchev–Trinajstić information content (AvgIpc) is 3.03. The first-order valence-corrected chi connectivity index (χ1v) is 8.88. The molecule has 0 unspecified atom stereocenters. The number of benzene rings is 2. The van der Waals surface area contributed by atoms with Gasteiger partial charge in [-0.3, -0.25) is 4.79 Å². The highest BCUT2D eigenvalue weighted by atomic mass is 32.1. The van der Waals surface area contributed by atoms with Gasteiger partial charge in [0.25, 0.3) is 0 Å². The van der Waals surface area contributed by atoms with Gasteiger partial charge >= 0.3 is 5.97 Å². The van der Waals surface area contributed by atoms with Gasteiger partial charge in [-0.2, -0.15) is 0 Å². The molecule has 0 fully saturated rings. The van der Waals surface area contributed by atoms with Crippen molar-refractivity contribution in [1.29, 1.82) is 0 Å². The topological polar surface area (TPSA) is 68.3 Å². The van der Waals surface area contributed by atoms with Gasteiger partial charge in [0.1, 0.15) is 4.88 Å². The molecule has 26 heavy (non-hydrogen) atoms. The number of hydrogen-bond acceptors (Lipinski definition) is 5. The van der Waals surface area contributed by atoms with Crippen LogP contribution >= 0.6 is 11.3 Å². The minimum atomic E-state index is -0.469. The molecule has 1 amide bonds. The lowest BCUT2D eigenvalue weighted by atomic mass is 9.90. The van der Waals surface area contributed by atoms with Crippen molar-refractivity contribution in [2.75, 3.05) is 12.4 Å². The summed E-state index contributed by atoms with van der Waals surface area (Å²) in [4.78, 5) is 29.4. The van der Waals surface area contributed by atoms with E-state index in [9.17, 15) is 9.59 Å². The molecule has 0 spiro atoms. The van der Waals surface area contributed by atoms with E-state index in [1.807, 2.05) is 60.7 Å². The maximum absolute atomic E-state index is 13.0. The maximum atomic E-state index is 13.0. The Balaban J connectivity index is 1.91. The molecule has 6 heteroatoms. The van der Waals surface area contributed by atoms with Crippen LogP contribution in [0, 0.1) is 6.92 Å². The summed E-state index contributed by atoms with van der Waals surface area (Å²) in [6, 6.07) is 19.1. The molecule has 1 aromatic heterocycles. The number of carbonyl (C=O) groups excluding carboxylic acids is 2. The van der Waals surface area contributed by atoms with Crippen LogP contribution in [-0.2, 0) is 9.53 Å². The predicted octanol–water partition coefficient (Wildman–Crippen LogP) is 4.01. The normalized spacial score (nSPS) is 10.6. The Morgan fingerprint density at radius 1 is 1.00 bits per heavy atom. The first-order valence-electron chi connectivity index (χ1n) is 8.06. The number of thiazole rings is 1. The van der Waals surface area contributed by atoms with Gasteiger partial charge in [0.05, 0.1) is 18.7 Å². The van der Waals surface area contributed by atoms with Gasteiger partial charge in [-0.15, -0.1) is 0 Å². The fourth-order valence-electron chi connectivity index (χ4n) is 2.70. The van der Waals surface area contributed by atoms with Crippen molar-refractivity contribution in [2.24, 2.45) is 0 Å². The lowest BCUT2D eigenvalue weighted by Gasteiger charge is -2.17. The molecule has 0 atom stereocenters. The Labute approximate surface area is 155 Å². The van der Waals surface area contributed by atoms with Crippen LogP contribution < -0.4 is 5.32 Å². The summed E-state index contributed by atoms with van der Waals surface area (Å²) in [6.45, 7) is 1.71. The van der Waals surface area contributed by atoms with E-state index in [0.29, 0.717) is 15.7 Å². The molecule has 0 radical (unpaired) electrons. The number of methoxy groups -OCH3 is 1. The Morgan fingerprint density at radius 2 is 1.54 bits per heavy atom. The molecule has 0 saturated carbocycles. The van der Waals surface area contributed by atoms with Crippen molar-refractivity contribution in [3.8, 4) is 0 Å². The third-order valence-electron chi connectivity index (χ3n) is 3.93. The lowest BCUT2D eigenvalue weighted by molar-refractivity contribution is -0.116. The van der Waals surface area contributed by atoms with E-state index in [2.05, 4.69) is 10.3 Å². The Hall–Kier alpha value is -2.99. The van der Waals surface area contributed by atoms with Gasteiger partial charge in [-0.05, 0) is 18.1 Å². The van der Waals surface area contributed by atoms with Crippen molar-refractivity contribution in [1.82, 2.24) is 4.98 Å². The summed E-state index contributed by atoms with van der Waals surface area (Å²) in [7, 11) is 1.32. The number of aromatic nitrogens is 1. The Morgan fingerprint density at radius 3 is 2.04 bits per heavy atom. The van der Waals surface area contributed by atoms with Crippen LogP contribution in [0.2, 0.25) is 0 Å². The van der Waals surface area contributed by atoms with Crippen LogP contribution in [0.5, 0.6) is 0 Å². The third-order valence-corrected chi connectivity index (χ3v) is 4.98. The largest absolute Gasteiger partial charge is 0.465 e. The molecule has 132 valence electrons. The molecule has 0 saturated heterocycles. The van der Waals surface area contributed by atoms with Crippen molar-refractivity contribution in [3.05, 3.63) is 82.4 Å². The second-order valence-corrected chi connectivity index (χ2v) is 6.67. The first-order chi connectivity index (χ1) is 12.6. The van der Waals surface area contributed by atoms with Crippen molar-refractivity contribution in [3.63, 3.8) is 0 Å². The van der Waals surface area contributed by atoms with Gasteiger partial charge in [0.15, 0.2) is 5.13 Å². The lowest BCUT2D eigenvalue weighted by Crippen LogP contribution is -2.22.